The Morgan fingerprint density at radius 2 is 2.19 bits per heavy atom. The summed E-state index contributed by atoms with van der Waals surface area (Å²) in [4.78, 5) is 0. The van der Waals surface area contributed by atoms with E-state index >= 15 is 0 Å². The predicted molar refractivity (Wildman–Crippen MR) is 84.0 cm³/mol. The molecule has 1 unspecified atom stereocenters. The number of benzene rings is 1. The molecule has 3 rings (SSSR count). The molecule has 1 heterocycles. The van der Waals surface area contributed by atoms with Gasteiger partial charge in [0.2, 0.25) is 0 Å². The molecular weight excluding hydrogens is 286 g/mol. The number of halogens is 1. The number of tetrazole rings is 1. The first-order valence-corrected chi connectivity index (χ1v) is 7.67. The third kappa shape index (κ3) is 2.88. The molecule has 1 aromatic carbocycles. The number of nitrogen functional groups attached to an aromatic ring is 1. The average molecular weight is 306 g/mol. The van der Waals surface area contributed by atoms with Crippen LogP contribution >= 0.6 is 11.6 Å². The summed E-state index contributed by atoms with van der Waals surface area (Å²) in [6.45, 7) is 4.60. The molecule has 112 valence electrons. The number of aromatic nitrogens is 4. The summed E-state index contributed by atoms with van der Waals surface area (Å²) in [5.74, 6) is 0.704. The molecule has 1 atom stereocenters. The minimum Gasteiger partial charge on any atom is -0.399 e. The quantitative estimate of drug-likeness (QED) is 0.859. The lowest BCUT2D eigenvalue weighted by Gasteiger charge is -2.35. The van der Waals surface area contributed by atoms with Crippen LogP contribution in [0.4, 0.5) is 5.69 Å². The second-order valence-corrected chi connectivity index (χ2v) is 7.01. The van der Waals surface area contributed by atoms with Crippen LogP contribution < -0.4 is 5.73 Å². The van der Waals surface area contributed by atoms with Crippen molar-refractivity contribution in [1.29, 1.82) is 0 Å². The van der Waals surface area contributed by atoms with Gasteiger partial charge in [-0.1, -0.05) is 31.9 Å². The van der Waals surface area contributed by atoms with Crippen molar-refractivity contribution in [2.75, 3.05) is 5.73 Å². The normalized spacial score (nSPS) is 21.4. The van der Waals surface area contributed by atoms with Crippen LogP contribution in [0.1, 0.15) is 45.6 Å². The van der Waals surface area contributed by atoms with Crippen molar-refractivity contribution in [1.82, 2.24) is 20.2 Å². The second-order valence-electron chi connectivity index (χ2n) is 6.60. The van der Waals surface area contributed by atoms with E-state index in [1.807, 2.05) is 10.7 Å². The molecule has 1 saturated carbocycles. The number of hydrogen-bond acceptors (Lipinski definition) is 4. The van der Waals surface area contributed by atoms with Crippen LogP contribution in [0.15, 0.2) is 18.2 Å². The largest absolute Gasteiger partial charge is 0.399 e. The van der Waals surface area contributed by atoms with E-state index in [9.17, 15) is 0 Å². The Kier molecular flexibility index (Phi) is 3.61. The topological polar surface area (TPSA) is 69.6 Å². The van der Waals surface area contributed by atoms with Crippen molar-refractivity contribution in [3.05, 3.63) is 23.2 Å². The van der Waals surface area contributed by atoms with Gasteiger partial charge in [-0.3, -0.25) is 0 Å². The lowest BCUT2D eigenvalue weighted by molar-refractivity contribution is 0.174. The number of nitrogens with zero attached hydrogens (tertiary/aromatic N) is 4. The highest BCUT2D eigenvalue weighted by atomic mass is 35.5. The standard InChI is InChI=1S/C15H20ClN5/c1-15(2)7-3-4-11(9-15)21-14(18-19-20-21)12-8-10(17)5-6-13(12)16/h5-6,8,11H,3-4,7,9,17H2,1-2H3. The third-order valence-electron chi connectivity index (χ3n) is 4.25. The Morgan fingerprint density at radius 1 is 1.38 bits per heavy atom. The van der Waals surface area contributed by atoms with Crippen LogP contribution in [-0.4, -0.2) is 20.2 Å². The Morgan fingerprint density at radius 3 is 2.95 bits per heavy atom. The zero-order valence-corrected chi connectivity index (χ0v) is 13.1. The van der Waals surface area contributed by atoms with Gasteiger partial charge in [-0.05, 0) is 53.3 Å². The molecule has 1 aliphatic carbocycles. The average Bonchev–Trinajstić information content (AvgIpc) is 2.89. The Hall–Kier alpha value is -1.62. The maximum absolute atomic E-state index is 6.29. The van der Waals surface area contributed by atoms with Gasteiger partial charge in [0.15, 0.2) is 5.82 Å². The van der Waals surface area contributed by atoms with Crippen molar-refractivity contribution >= 4 is 17.3 Å². The third-order valence-corrected chi connectivity index (χ3v) is 4.58. The highest BCUT2D eigenvalue weighted by Crippen LogP contribution is 2.42. The van der Waals surface area contributed by atoms with Crippen molar-refractivity contribution < 1.29 is 0 Å². The molecule has 5 nitrogen and oxygen atoms in total. The molecule has 0 aliphatic heterocycles. The van der Waals surface area contributed by atoms with E-state index < -0.39 is 0 Å². The van der Waals surface area contributed by atoms with Crippen LogP contribution in [0.5, 0.6) is 0 Å². The first kappa shape index (κ1) is 14.3. The zero-order valence-electron chi connectivity index (χ0n) is 12.4. The van der Waals surface area contributed by atoms with Crippen molar-refractivity contribution in [3.8, 4) is 11.4 Å². The molecule has 1 fully saturated rings. The van der Waals surface area contributed by atoms with Gasteiger partial charge in [-0.2, -0.15) is 0 Å². The molecule has 0 bridgehead atoms. The van der Waals surface area contributed by atoms with E-state index in [2.05, 4.69) is 29.4 Å². The van der Waals surface area contributed by atoms with E-state index in [0.29, 0.717) is 28.0 Å². The van der Waals surface area contributed by atoms with Crippen LogP contribution in [0, 0.1) is 5.41 Å². The van der Waals surface area contributed by atoms with Crippen LogP contribution in [0.3, 0.4) is 0 Å². The molecule has 21 heavy (non-hydrogen) atoms. The van der Waals surface area contributed by atoms with E-state index in [1.165, 1.54) is 12.8 Å². The minimum atomic E-state index is 0.316. The number of rotatable bonds is 2. The Labute approximate surface area is 129 Å². The van der Waals surface area contributed by atoms with Crippen molar-refractivity contribution in [2.24, 2.45) is 5.41 Å². The van der Waals surface area contributed by atoms with Gasteiger partial charge in [0, 0.05) is 11.3 Å². The number of nitrogens with two attached hydrogens (primary N) is 1. The van der Waals surface area contributed by atoms with Crippen LogP contribution in [0.25, 0.3) is 11.4 Å². The first-order valence-electron chi connectivity index (χ1n) is 7.29. The predicted octanol–water partition coefficient (Wildman–Crippen LogP) is 3.72. The van der Waals surface area contributed by atoms with E-state index in [1.54, 1.807) is 12.1 Å². The van der Waals surface area contributed by atoms with Crippen molar-refractivity contribution in [2.45, 2.75) is 45.6 Å². The molecule has 0 amide bonds. The summed E-state index contributed by atoms with van der Waals surface area (Å²) in [5, 5.41) is 12.9. The smallest absolute Gasteiger partial charge is 0.183 e. The fourth-order valence-electron chi connectivity index (χ4n) is 3.20. The van der Waals surface area contributed by atoms with Crippen LogP contribution in [-0.2, 0) is 0 Å². The summed E-state index contributed by atoms with van der Waals surface area (Å²) >= 11 is 6.29. The summed E-state index contributed by atoms with van der Waals surface area (Å²) < 4.78 is 1.92. The summed E-state index contributed by atoms with van der Waals surface area (Å²) in [6.07, 6.45) is 4.62. The summed E-state index contributed by atoms with van der Waals surface area (Å²) in [7, 11) is 0. The monoisotopic (exact) mass is 305 g/mol. The fraction of sp³-hybridized carbons (Fsp3) is 0.533. The van der Waals surface area contributed by atoms with Gasteiger partial charge in [0.25, 0.3) is 0 Å². The highest BCUT2D eigenvalue weighted by Gasteiger charge is 2.31. The Balaban J connectivity index is 1.99. The minimum absolute atomic E-state index is 0.316. The maximum Gasteiger partial charge on any atom is 0.183 e. The van der Waals surface area contributed by atoms with Gasteiger partial charge < -0.3 is 5.73 Å². The van der Waals surface area contributed by atoms with Gasteiger partial charge in [0.05, 0.1) is 11.1 Å². The van der Waals surface area contributed by atoms with Gasteiger partial charge >= 0.3 is 0 Å². The maximum atomic E-state index is 6.29. The molecule has 0 radical (unpaired) electrons. The SMILES string of the molecule is CC1(C)CCCC(n2nnnc2-c2cc(N)ccc2Cl)C1. The number of anilines is 1. The first-order chi connectivity index (χ1) is 9.96. The lowest BCUT2D eigenvalue weighted by Crippen LogP contribution is -2.26. The molecule has 0 spiro atoms. The summed E-state index contributed by atoms with van der Waals surface area (Å²) in [5.41, 5.74) is 7.65. The number of hydrogen-bond donors (Lipinski definition) is 1. The zero-order chi connectivity index (χ0) is 15.0. The van der Waals surface area contributed by atoms with Crippen LogP contribution in [0.2, 0.25) is 5.02 Å². The molecule has 1 aromatic heterocycles. The van der Waals surface area contributed by atoms with Gasteiger partial charge in [0.1, 0.15) is 0 Å². The second kappa shape index (κ2) is 5.30. The van der Waals surface area contributed by atoms with Crippen molar-refractivity contribution in [3.63, 3.8) is 0 Å². The molecular formula is C15H20ClN5. The summed E-state index contributed by atoms with van der Waals surface area (Å²) in [6, 6.07) is 5.72. The highest BCUT2D eigenvalue weighted by molar-refractivity contribution is 6.33. The van der Waals surface area contributed by atoms with Gasteiger partial charge in [-0.15, -0.1) is 5.10 Å². The van der Waals surface area contributed by atoms with Gasteiger partial charge in [-0.25, -0.2) is 4.68 Å². The molecule has 6 heteroatoms. The molecule has 0 saturated heterocycles. The van der Waals surface area contributed by atoms with E-state index in [4.69, 9.17) is 17.3 Å². The van der Waals surface area contributed by atoms with E-state index in [-0.39, 0.29) is 0 Å². The molecule has 2 N–H and O–H groups in total. The lowest BCUT2D eigenvalue weighted by atomic mass is 9.75. The van der Waals surface area contributed by atoms with E-state index in [0.717, 1.165) is 18.4 Å². The molecule has 2 aromatic rings. The molecule has 1 aliphatic rings. The fourth-order valence-corrected chi connectivity index (χ4v) is 3.40. The Bertz CT molecular complexity index is 649.